The zero-order valence-corrected chi connectivity index (χ0v) is 23.7. The molecular weight excluding hydrogens is 512 g/mol. The van der Waals surface area contributed by atoms with Gasteiger partial charge in [-0.1, -0.05) is 97.1 Å². The monoisotopic (exact) mass is 546 g/mol. The number of nitrogens with zero attached hydrogens (tertiary/aromatic N) is 2. The van der Waals surface area contributed by atoms with Crippen molar-refractivity contribution in [1.29, 1.82) is 0 Å². The highest BCUT2D eigenvalue weighted by Crippen LogP contribution is 2.50. The molecule has 0 amide bonds. The Morgan fingerprint density at radius 1 is 0.857 bits per heavy atom. The van der Waals surface area contributed by atoms with Gasteiger partial charge in [-0.2, -0.15) is 0 Å². The molecule has 1 N–H and O–H groups in total. The van der Waals surface area contributed by atoms with E-state index in [4.69, 9.17) is 0 Å². The van der Waals surface area contributed by atoms with Crippen LogP contribution in [0.2, 0.25) is 0 Å². The van der Waals surface area contributed by atoms with E-state index in [0.29, 0.717) is 17.3 Å². The van der Waals surface area contributed by atoms with Crippen LogP contribution in [-0.4, -0.2) is 11.8 Å². The van der Waals surface area contributed by atoms with Crippen LogP contribution in [0.1, 0.15) is 43.2 Å². The third-order valence-electron chi connectivity index (χ3n) is 8.77. The van der Waals surface area contributed by atoms with Crippen molar-refractivity contribution in [2.45, 2.75) is 32.1 Å². The van der Waals surface area contributed by atoms with Crippen molar-refractivity contribution in [3.8, 4) is 5.75 Å². The zero-order chi connectivity index (χ0) is 28.5. The Balaban J connectivity index is 1.42. The lowest BCUT2D eigenvalue weighted by molar-refractivity contribution is 0.479. The van der Waals surface area contributed by atoms with Gasteiger partial charge in [0.25, 0.3) is 0 Å². The number of para-hydroxylation sites is 1. The second-order valence-corrected chi connectivity index (χ2v) is 11.2. The van der Waals surface area contributed by atoms with Gasteiger partial charge in [-0.05, 0) is 90.8 Å². The Bertz CT molecular complexity index is 1830. The molecule has 0 spiro atoms. The summed E-state index contributed by atoms with van der Waals surface area (Å²) in [6.45, 7) is 3.81. The fraction of sp³-hybridized carbons (Fsp3) is 0.154. The smallest absolute Gasteiger partial charge is 0.166 e. The molecule has 3 nitrogen and oxygen atoms in total. The fourth-order valence-electron chi connectivity index (χ4n) is 6.74. The van der Waals surface area contributed by atoms with Crippen LogP contribution in [0.25, 0.3) is 21.9 Å². The molecule has 206 valence electrons. The second-order valence-electron chi connectivity index (χ2n) is 11.2. The van der Waals surface area contributed by atoms with Gasteiger partial charge >= 0.3 is 0 Å². The molecule has 0 aliphatic heterocycles. The first-order valence-electron chi connectivity index (χ1n) is 14.9. The van der Waals surface area contributed by atoms with Crippen molar-refractivity contribution >= 4 is 51.4 Å². The number of anilines is 3. The van der Waals surface area contributed by atoms with Gasteiger partial charge in [-0.15, -0.1) is 0 Å². The number of hydrogen-bond acceptors (Lipinski definition) is 3. The molecule has 7 rings (SSSR count). The highest BCUT2D eigenvalue weighted by molar-refractivity contribution is 6.03. The molecular formula is C39H34N2O. The van der Waals surface area contributed by atoms with Crippen molar-refractivity contribution in [1.82, 2.24) is 0 Å². The van der Waals surface area contributed by atoms with Crippen LogP contribution >= 0.6 is 0 Å². The molecule has 0 aromatic heterocycles. The van der Waals surface area contributed by atoms with Gasteiger partial charge in [0.15, 0.2) is 5.75 Å². The van der Waals surface area contributed by atoms with E-state index in [1.165, 1.54) is 35.1 Å². The van der Waals surface area contributed by atoms with Crippen molar-refractivity contribution < 1.29 is 5.11 Å². The molecule has 0 heterocycles. The highest BCUT2D eigenvalue weighted by atomic mass is 16.3. The molecule has 42 heavy (non-hydrogen) atoms. The Kier molecular flexibility index (Phi) is 6.93. The van der Waals surface area contributed by atoms with E-state index in [0.717, 1.165) is 47.0 Å². The van der Waals surface area contributed by atoms with Gasteiger partial charge in [0.05, 0.1) is 11.4 Å². The molecule has 0 radical (unpaired) electrons. The number of phenolic OH excluding ortho intramolecular Hbond substituents is 1. The number of hydrogen-bond donors (Lipinski definition) is 1. The largest absolute Gasteiger partial charge is 0.504 e. The molecule has 4 aromatic carbocycles. The van der Waals surface area contributed by atoms with Gasteiger partial charge in [0.1, 0.15) is 5.69 Å². The Hall–Kier alpha value is -4.89. The maximum absolute atomic E-state index is 11.7. The van der Waals surface area contributed by atoms with Crippen LogP contribution in [-0.2, 0) is 0 Å². The molecule has 4 aromatic rings. The summed E-state index contributed by atoms with van der Waals surface area (Å²) in [4.78, 5) is 6.47. The number of aliphatic imine (C=N–C) groups is 1. The van der Waals surface area contributed by atoms with Crippen molar-refractivity contribution in [3.05, 3.63) is 138 Å². The van der Waals surface area contributed by atoms with Crippen molar-refractivity contribution in [3.63, 3.8) is 0 Å². The summed E-state index contributed by atoms with van der Waals surface area (Å²) >= 11 is 0. The second kappa shape index (κ2) is 11.2. The lowest BCUT2D eigenvalue weighted by atomic mass is 9.78. The van der Waals surface area contributed by atoms with Gasteiger partial charge in [-0.25, -0.2) is 0 Å². The molecule has 3 aliphatic rings. The first kappa shape index (κ1) is 26.0. The lowest BCUT2D eigenvalue weighted by Gasteiger charge is -2.30. The molecule has 3 aliphatic carbocycles. The van der Waals surface area contributed by atoms with E-state index in [9.17, 15) is 5.11 Å². The third kappa shape index (κ3) is 4.61. The average Bonchev–Trinajstić information content (AvgIpc) is 3.06. The van der Waals surface area contributed by atoms with E-state index in [1.807, 2.05) is 18.2 Å². The first-order valence-corrected chi connectivity index (χ1v) is 14.9. The summed E-state index contributed by atoms with van der Waals surface area (Å²) in [5.74, 6) is 0.637. The topological polar surface area (TPSA) is 35.8 Å². The van der Waals surface area contributed by atoms with Gasteiger partial charge in [0.2, 0.25) is 0 Å². The summed E-state index contributed by atoms with van der Waals surface area (Å²) in [5.41, 5.74) is 9.79. The normalized spacial score (nSPS) is 17.7. The Morgan fingerprint density at radius 3 is 2.52 bits per heavy atom. The molecule has 0 saturated carbocycles. The molecule has 3 heteroatoms. The zero-order valence-electron chi connectivity index (χ0n) is 23.7. The molecule has 1 unspecified atom stereocenters. The van der Waals surface area contributed by atoms with Crippen molar-refractivity contribution in [2.24, 2.45) is 10.9 Å². The fourth-order valence-corrected chi connectivity index (χ4v) is 6.74. The standard InChI is InChI=1S/C39H34N2O/c1-40-38-35-19-8-6-15-30(35)26-37(39(38)42)41(36-21-10-9-18-34(36)28-12-3-2-4-13-28)31-24-22-29(23-25-31)33-20-11-16-27-14-5-7-17-32(27)33/h2-3,5-10,12,14-15,17-19,21-27,42H,1,4,11,13,16,20H2. The Labute approximate surface area is 247 Å². The van der Waals surface area contributed by atoms with E-state index in [1.54, 1.807) is 0 Å². The van der Waals surface area contributed by atoms with Crippen LogP contribution in [0, 0.1) is 5.92 Å². The van der Waals surface area contributed by atoms with Crippen molar-refractivity contribution in [2.75, 3.05) is 4.90 Å². The van der Waals surface area contributed by atoms with E-state index in [-0.39, 0.29) is 5.75 Å². The quantitative estimate of drug-likeness (QED) is 0.244. The number of phenols is 1. The molecule has 0 saturated heterocycles. The summed E-state index contributed by atoms with van der Waals surface area (Å²) in [6, 6.07) is 27.5. The Morgan fingerprint density at radius 2 is 1.69 bits per heavy atom. The number of rotatable bonds is 6. The summed E-state index contributed by atoms with van der Waals surface area (Å²) < 4.78 is 0. The van der Waals surface area contributed by atoms with Crippen LogP contribution in [0.4, 0.5) is 22.7 Å². The first-order chi connectivity index (χ1) is 20.7. The maximum atomic E-state index is 11.7. The van der Waals surface area contributed by atoms with Gasteiger partial charge in [-0.3, -0.25) is 4.99 Å². The minimum Gasteiger partial charge on any atom is -0.504 e. The van der Waals surface area contributed by atoms with Gasteiger partial charge in [0, 0.05) is 22.6 Å². The lowest BCUT2D eigenvalue weighted by Crippen LogP contribution is -2.13. The maximum Gasteiger partial charge on any atom is 0.166 e. The number of fused-ring (bicyclic) bond motifs is 2. The summed E-state index contributed by atoms with van der Waals surface area (Å²) in [5, 5.41) is 13.6. The van der Waals surface area contributed by atoms with Crippen LogP contribution in [0.5, 0.6) is 5.75 Å². The van der Waals surface area contributed by atoms with E-state index < -0.39 is 0 Å². The summed E-state index contributed by atoms with van der Waals surface area (Å²) in [6.07, 6.45) is 21.0. The van der Waals surface area contributed by atoms with Crippen LogP contribution in [0.15, 0.2) is 132 Å². The highest BCUT2D eigenvalue weighted by Gasteiger charge is 2.25. The van der Waals surface area contributed by atoms with E-state index in [2.05, 4.69) is 120 Å². The number of allylic oxidation sites excluding steroid dienone is 10. The van der Waals surface area contributed by atoms with Crippen LogP contribution in [0.3, 0.4) is 0 Å². The molecule has 1 atom stereocenters. The molecule has 0 bridgehead atoms. The minimum absolute atomic E-state index is 0.124. The van der Waals surface area contributed by atoms with Gasteiger partial charge < -0.3 is 10.0 Å². The van der Waals surface area contributed by atoms with E-state index >= 15 is 0 Å². The minimum atomic E-state index is 0.124. The predicted octanol–water partition coefficient (Wildman–Crippen LogP) is 10.8. The average molecular weight is 547 g/mol. The number of aromatic hydroxyl groups is 1. The third-order valence-corrected chi connectivity index (χ3v) is 8.77. The van der Waals surface area contributed by atoms with Crippen LogP contribution < -0.4 is 4.90 Å². The molecule has 0 fully saturated rings. The SMILES string of the molecule is C=Nc1c(O)c(N(c2ccc(C3=C4C=CC=CC4CCC3)cc2)c2ccccc2C2=CC=CCC2)cc2ccccc12. The predicted molar refractivity (Wildman–Crippen MR) is 178 cm³/mol. The number of benzene rings is 4. The summed E-state index contributed by atoms with van der Waals surface area (Å²) in [7, 11) is 0.